The van der Waals surface area contributed by atoms with Gasteiger partial charge in [0.25, 0.3) is 0 Å². The number of β-amino-alcohol motifs (C(OH)–C–C–N with tert-alkyl or cyclic N) is 1. The Labute approximate surface area is 137 Å². The van der Waals surface area contributed by atoms with Crippen LogP contribution in [0.1, 0.15) is 42.3 Å². The molecule has 1 N–H and O–H groups in total. The number of halogens is 3. The lowest BCUT2D eigenvalue weighted by Gasteiger charge is -2.25. The summed E-state index contributed by atoms with van der Waals surface area (Å²) < 4.78 is 45.3. The molecule has 8 heteroatoms. The summed E-state index contributed by atoms with van der Waals surface area (Å²) in [7, 11) is 0. The molecule has 130 valence electrons. The largest absolute Gasteiger partial charge is 0.424 e. The van der Waals surface area contributed by atoms with Crippen molar-refractivity contribution < 1.29 is 22.7 Å². The summed E-state index contributed by atoms with van der Waals surface area (Å²) in [5, 5.41) is 17.7. The highest BCUT2D eigenvalue weighted by Gasteiger charge is 2.40. The smallest absolute Gasteiger partial charge is 0.416 e. The van der Waals surface area contributed by atoms with Crippen LogP contribution in [0.15, 0.2) is 28.7 Å². The Bertz CT molecular complexity index is 702. The second-order valence-electron chi connectivity index (χ2n) is 5.86. The molecule has 1 aliphatic rings. The van der Waals surface area contributed by atoms with E-state index in [0.717, 1.165) is 6.07 Å². The topological polar surface area (TPSA) is 62.4 Å². The third kappa shape index (κ3) is 3.44. The van der Waals surface area contributed by atoms with Gasteiger partial charge in [0.15, 0.2) is 0 Å². The van der Waals surface area contributed by atoms with E-state index in [0.29, 0.717) is 18.2 Å². The standard InChI is InChI=1S/C16H18F3N3O2/c1-2-14-20-21-15(24-14)9-22-8-10(23)7-13(22)11-5-3-4-6-12(11)16(17,18)19/h3-6,10,13,23H,2,7-9H2,1H3/t10-,13-/m1/s1. The van der Waals surface area contributed by atoms with Gasteiger partial charge >= 0.3 is 6.18 Å². The highest BCUT2D eigenvalue weighted by Crippen LogP contribution is 2.40. The predicted octanol–water partition coefficient (Wildman–Crippen LogP) is 2.96. The number of hydrogen-bond donors (Lipinski definition) is 1. The summed E-state index contributed by atoms with van der Waals surface area (Å²) in [4.78, 5) is 1.75. The minimum absolute atomic E-state index is 0.164. The van der Waals surface area contributed by atoms with Crippen LogP contribution >= 0.6 is 0 Å². The summed E-state index contributed by atoms with van der Waals surface area (Å²) in [6, 6.07) is 4.93. The van der Waals surface area contributed by atoms with E-state index < -0.39 is 23.9 Å². The molecule has 0 bridgehead atoms. The van der Waals surface area contributed by atoms with E-state index in [2.05, 4.69) is 10.2 Å². The summed E-state index contributed by atoms with van der Waals surface area (Å²) >= 11 is 0. The number of alkyl halides is 3. The lowest BCUT2D eigenvalue weighted by Crippen LogP contribution is -2.26. The minimum Gasteiger partial charge on any atom is -0.424 e. The third-order valence-electron chi connectivity index (χ3n) is 4.16. The number of nitrogens with zero attached hydrogens (tertiary/aromatic N) is 3. The molecule has 2 heterocycles. The van der Waals surface area contributed by atoms with Crippen LogP contribution in [0.5, 0.6) is 0 Å². The van der Waals surface area contributed by atoms with Gasteiger partial charge in [0.1, 0.15) is 0 Å². The molecule has 0 aliphatic carbocycles. The molecule has 1 fully saturated rings. The maximum absolute atomic E-state index is 13.3. The number of rotatable bonds is 4. The van der Waals surface area contributed by atoms with Gasteiger partial charge in [-0.05, 0) is 18.1 Å². The molecule has 0 saturated carbocycles. The molecule has 0 unspecified atom stereocenters. The van der Waals surface area contributed by atoms with Crippen molar-refractivity contribution in [2.45, 2.75) is 44.6 Å². The van der Waals surface area contributed by atoms with Crippen LogP contribution < -0.4 is 0 Å². The van der Waals surface area contributed by atoms with E-state index >= 15 is 0 Å². The molecule has 0 amide bonds. The summed E-state index contributed by atoms with van der Waals surface area (Å²) in [5.74, 6) is 0.826. The van der Waals surface area contributed by atoms with E-state index in [1.807, 2.05) is 6.92 Å². The van der Waals surface area contributed by atoms with Gasteiger partial charge in [0.05, 0.1) is 18.2 Å². The van der Waals surface area contributed by atoms with E-state index in [1.165, 1.54) is 12.1 Å². The second-order valence-corrected chi connectivity index (χ2v) is 5.86. The molecule has 3 rings (SSSR count). The van der Waals surface area contributed by atoms with Crippen LogP contribution in [0.3, 0.4) is 0 Å². The fourth-order valence-electron chi connectivity index (χ4n) is 3.09. The van der Waals surface area contributed by atoms with Gasteiger partial charge in [0, 0.05) is 19.0 Å². The van der Waals surface area contributed by atoms with E-state index in [1.54, 1.807) is 11.0 Å². The predicted molar refractivity (Wildman–Crippen MR) is 78.9 cm³/mol. The summed E-state index contributed by atoms with van der Waals surface area (Å²) in [5.41, 5.74) is -0.509. The Morgan fingerprint density at radius 1 is 1.25 bits per heavy atom. The lowest BCUT2D eigenvalue weighted by atomic mass is 9.97. The number of aromatic nitrogens is 2. The molecule has 1 aromatic carbocycles. The van der Waals surface area contributed by atoms with Crippen LogP contribution in [-0.2, 0) is 19.1 Å². The van der Waals surface area contributed by atoms with Crippen LogP contribution in [0, 0.1) is 0 Å². The van der Waals surface area contributed by atoms with Crippen LogP contribution in [0.25, 0.3) is 0 Å². The molecule has 0 spiro atoms. The zero-order valence-corrected chi connectivity index (χ0v) is 13.1. The first-order chi connectivity index (χ1) is 11.4. The number of likely N-dealkylation sites (tertiary alicyclic amines) is 1. The van der Waals surface area contributed by atoms with E-state index in [4.69, 9.17) is 4.42 Å². The molecular formula is C16H18F3N3O2. The van der Waals surface area contributed by atoms with Crippen LogP contribution in [0.2, 0.25) is 0 Å². The Kier molecular flexibility index (Phi) is 4.60. The van der Waals surface area contributed by atoms with Gasteiger partial charge in [-0.25, -0.2) is 0 Å². The Morgan fingerprint density at radius 3 is 2.62 bits per heavy atom. The molecule has 2 aromatic rings. The van der Waals surface area contributed by atoms with Crippen molar-refractivity contribution in [3.8, 4) is 0 Å². The maximum Gasteiger partial charge on any atom is 0.416 e. The molecule has 1 saturated heterocycles. The fourth-order valence-corrected chi connectivity index (χ4v) is 3.09. The van der Waals surface area contributed by atoms with Gasteiger partial charge < -0.3 is 9.52 Å². The first kappa shape index (κ1) is 16.9. The first-order valence-corrected chi connectivity index (χ1v) is 7.78. The molecule has 5 nitrogen and oxygen atoms in total. The number of benzene rings is 1. The highest BCUT2D eigenvalue weighted by molar-refractivity contribution is 5.33. The minimum atomic E-state index is -4.43. The molecule has 24 heavy (non-hydrogen) atoms. The second kappa shape index (κ2) is 6.52. The van der Waals surface area contributed by atoms with Crippen molar-refractivity contribution in [1.29, 1.82) is 0 Å². The number of hydrogen-bond acceptors (Lipinski definition) is 5. The van der Waals surface area contributed by atoms with Gasteiger partial charge in [-0.3, -0.25) is 4.90 Å². The van der Waals surface area contributed by atoms with Crippen LogP contribution in [-0.4, -0.2) is 32.9 Å². The molecule has 2 atom stereocenters. The number of aliphatic hydroxyl groups excluding tert-OH is 1. The van der Waals surface area contributed by atoms with Gasteiger partial charge in [-0.15, -0.1) is 10.2 Å². The number of aryl methyl sites for hydroxylation is 1. The quantitative estimate of drug-likeness (QED) is 0.926. The van der Waals surface area contributed by atoms with Crippen molar-refractivity contribution in [3.63, 3.8) is 0 Å². The average Bonchev–Trinajstić information content (AvgIpc) is 3.13. The Hall–Kier alpha value is -1.93. The van der Waals surface area contributed by atoms with E-state index in [-0.39, 0.29) is 25.1 Å². The summed E-state index contributed by atoms with van der Waals surface area (Å²) in [6.45, 7) is 2.35. The fraction of sp³-hybridized carbons (Fsp3) is 0.500. The zero-order valence-electron chi connectivity index (χ0n) is 13.1. The van der Waals surface area contributed by atoms with Crippen molar-refractivity contribution in [2.75, 3.05) is 6.54 Å². The zero-order chi connectivity index (χ0) is 17.3. The SMILES string of the molecule is CCc1nnc(CN2C[C@H](O)C[C@@H]2c2ccccc2C(F)(F)F)o1. The molecule has 0 radical (unpaired) electrons. The van der Waals surface area contributed by atoms with Crippen molar-refractivity contribution in [1.82, 2.24) is 15.1 Å². The lowest BCUT2D eigenvalue weighted by molar-refractivity contribution is -0.138. The average molecular weight is 341 g/mol. The molecule has 1 aliphatic heterocycles. The number of aliphatic hydroxyl groups is 1. The monoisotopic (exact) mass is 341 g/mol. The summed E-state index contributed by atoms with van der Waals surface area (Å²) in [6.07, 6.45) is -4.29. The molecular weight excluding hydrogens is 323 g/mol. The van der Waals surface area contributed by atoms with Crippen molar-refractivity contribution in [2.24, 2.45) is 0 Å². The van der Waals surface area contributed by atoms with Gasteiger partial charge in [-0.1, -0.05) is 25.1 Å². The molecule has 1 aromatic heterocycles. The third-order valence-corrected chi connectivity index (χ3v) is 4.16. The Balaban J connectivity index is 1.88. The normalized spacial score (nSPS) is 22.2. The van der Waals surface area contributed by atoms with E-state index in [9.17, 15) is 18.3 Å². The maximum atomic E-state index is 13.3. The van der Waals surface area contributed by atoms with Crippen molar-refractivity contribution >= 4 is 0 Å². The Morgan fingerprint density at radius 2 is 1.96 bits per heavy atom. The van der Waals surface area contributed by atoms with Crippen LogP contribution in [0.4, 0.5) is 13.2 Å². The first-order valence-electron chi connectivity index (χ1n) is 7.78. The van der Waals surface area contributed by atoms with Gasteiger partial charge in [-0.2, -0.15) is 13.2 Å². The van der Waals surface area contributed by atoms with Gasteiger partial charge in [0.2, 0.25) is 11.8 Å². The highest BCUT2D eigenvalue weighted by atomic mass is 19.4. The van der Waals surface area contributed by atoms with Crippen molar-refractivity contribution in [3.05, 3.63) is 47.2 Å².